The second kappa shape index (κ2) is 7.95. The molecule has 1 aromatic rings. The molecule has 116 valence electrons. The average Bonchev–Trinajstić information content (AvgIpc) is 2.54. The third-order valence-corrected chi connectivity index (χ3v) is 3.75. The van der Waals surface area contributed by atoms with Gasteiger partial charge in [-0.3, -0.25) is 4.79 Å². The van der Waals surface area contributed by atoms with Crippen LogP contribution < -0.4 is 16.0 Å². The number of carbonyl (C=O) groups excluding carboxylic acids is 1. The van der Waals surface area contributed by atoms with Crippen molar-refractivity contribution in [3.8, 4) is 0 Å². The van der Waals surface area contributed by atoms with E-state index < -0.39 is 0 Å². The molecule has 1 unspecified atom stereocenters. The first-order chi connectivity index (χ1) is 10.2. The van der Waals surface area contributed by atoms with E-state index in [1.165, 1.54) is 0 Å². The molecule has 6 nitrogen and oxygen atoms in total. The molecule has 1 atom stereocenters. The third kappa shape index (κ3) is 4.68. The Bertz CT molecular complexity index is 439. The molecule has 21 heavy (non-hydrogen) atoms. The number of aromatic nitrogens is 1. The summed E-state index contributed by atoms with van der Waals surface area (Å²) in [7, 11) is 0. The predicted octanol–water partition coefficient (Wildman–Crippen LogP) is 1.23. The summed E-state index contributed by atoms with van der Waals surface area (Å²) in [6.45, 7) is 5.76. The first-order valence-corrected chi connectivity index (χ1v) is 7.51. The van der Waals surface area contributed by atoms with Gasteiger partial charge in [-0.25, -0.2) is 4.98 Å². The molecule has 1 aliphatic heterocycles. The molecule has 1 aliphatic rings. The fourth-order valence-electron chi connectivity index (χ4n) is 2.31. The van der Waals surface area contributed by atoms with Crippen LogP contribution in [0.1, 0.15) is 19.8 Å². The van der Waals surface area contributed by atoms with Gasteiger partial charge >= 0.3 is 0 Å². The van der Waals surface area contributed by atoms with Crippen LogP contribution in [0.15, 0.2) is 18.3 Å². The van der Waals surface area contributed by atoms with Crippen molar-refractivity contribution in [3.63, 3.8) is 0 Å². The van der Waals surface area contributed by atoms with E-state index in [4.69, 9.17) is 10.5 Å². The van der Waals surface area contributed by atoms with Crippen LogP contribution in [-0.4, -0.2) is 43.7 Å². The lowest BCUT2D eigenvalue weighted by Crippen LogP contribution is -2.36. The maximum atomic E-state index is 11.9. The Labute approximate surface area is 125 Å². The summed E-state index contributed by atoms with van der Waals surface area (Å²) in [6, 6.07) is 3.82. The number of ether oxygens (including phenoxy) is 1. The van der Waals surface area contributed by atoms with E-state index in [1.54, 1.807) is 6.20 Å². The molecule has 1 saturated heterocycles. The Hall–Kier alpha value is -1.66. The zero-order valence-electron chi connectivity index (χ0n) is 12.5. The van der Waals surface area contributed by atoms with Crippen molar-refractivity contribution in [2.24, 2.45) is 11.7 Å². The van der Waals surface area contributed by atoms with Crippen molar-refractivity contribution in [1.29, 1.82) is 0 Å². The largest absolute Gasteiger partial charge is 0.378 e. The van der Waals surface area contributed by atoms with E-state index in [1.807, 2.05) is 19.1 Å². The number of rotatable bonds is 6. The van der Waals surface area contributed by atoms with E-state index in [-0.39, 0.29) is 11.8 Å². The first-order valence-electron chi connectivity index (χ1n) is 7.51. The zero-order valence-corrected chi connectivity index (χ0v) is 12.5. The fourth-order valence-corrected chi connectivity index (χ4v) is 2.31. The van der Waals surface area contributed by atoms with Gasteiger partial charge < -0.3 is 20.7 Å². The molecule has 2 rings (SSSR count). The van der Waals surface area contributed by atoms with Gasteiger partial charge in [-0.2, -0.15) is 0 Å². The lowest BCUT2D eigenvalue weighted by molar-refractivity contribution is -0.117. The van der Waals surface area contributed by atoms with Gasteiger partial charge in [0, 0.05) is 19.5 Å². The second-order valence-electron chi connectivity index (χ2n) is 5.27. The number of amides is 1. The smallest absolute Gasteiger partial charge is 0.224 e. The van der Waals surface area contributed by atoms with Crippen molar-refractivity contribution < 1.29 is 9.53 Å². The number of nitrogens with zero attached hydrogens (tertiary/aromatic N) is 2. The average molecular weight is 292 g/mol. The number of anilines is 2. The Morgan fingerprint density at radius 2 is 2.24 bits per heavy atom. The highest BCUT2D eigenvalue weighted by Gasteiger charge is 2.13. The molecule has 1 fully saturated rings. The summed E-state index contributed by atoms with van der Waals surface area (Å²) in [5, 5.41) is 2.87. The number of nitrogens with two attached hydrogens (primary N) is 1. The van der Waals surface area contributed by atoms with Gasteiger partial charge in [0.1, 0.15) is 5.82 Å². The maximum absolute atomic E-state index is 11.9. The molecule has 0 spiro atoms. The number of nitrogens with one attached hydrogen (secondary N) is 1. The summed E-state index contributed by atoms with van der Waals surface area (Å²) in [5.74, 6) is 1.16. The standard InChI is InChI=1S/C15H24N4O2/c1-2-12(10-16)9-15(20)18-13-3-4-14(17-11-13)19-5-7-21-8-6-19/h3-4,11-12H,2,5-10,16H2,1H3,(H,18,20). The normalized spacial score (nSPS) is 16.6. The monoisotopic (exact) mass is 292 g/mol. The minimum Gasteiger partial charge on any atom is -0.378 e. The summed E-state index contributed by atoms with van der Waals surface area (Å²) in [5.41, 5.74) is 6.35. The highest BCUT2D eigenvalue weighted by atomic mass is 16.5. The lowest BCUT2D eigenvalue weighted by atomic mass is 10.0. The van der Waals surface area contributed by atoms with Gasteiger partial charge in [0.25, 0.3) is 0 Å². The summed E-state index contributed by atoms with van der Waals surface area (Å²) < 4.78 is 5.32. The lowest BCUT2D eigenvalue weighted by Gasteiger charge is -2.27. The molecule has 0 radical (unpaired) electrons. The molecule has 1 amide bonds. The first kappa shape index (κ1) is 15.7. The van der Waals surface area contributed by atoms with Crippen molar-refractivity contribution in [2.45, 2.75) is 19.8 Å². The van der Waals surface area contributed by atoms with Crippen LogP contribution in [0.2, 0.25) is 0 Å². The third-order valence-electron chi connectivity index (χ3n) is 3.75. The fraction of sp³-hybridized carbons (Fsp3) is 0.600. The Morgan fingerprint density at radius 3 is 2.81 bits per heavy atom. The van der Waals surface area contributed by atoms with Crippen LogP contribution in [-0.2, 0) is 9.53 Å². The van der Waals surface area contributed by atoms with E-state index in [0.29, 0.717) is 13.0 Å². The Morgan fingerprint density at radius 1 is 1.48 bits per heavy atom. The van der Waals surface area contributed by atoms with Gasteiger partial charge in [0.15, 0.2) is 0 Å². The molecular weight excluding hydrogens is 268 g/mol. The minimum atomic E-state index is -0.00628. The Kier molecular flexibility index (Phi) is 5.95. The van der Waals surface area contributed by atoms with Crippen LogP contribution in [0.4, 0.5) is 11.5 Å². The summed E-state index contributed by atoms with van der Waals surface area (Å²) >= 11 is 0. The molecule has 1 aromatic heterocycles. The van der Waals surface area contributed by atoms with Gasteiger partial charge in [0.05, 0.1) is 25.1 Å². The number of pyridine rings is 1. The van der Waals surface area contributed by atoms with Crippen molar-refractivity contribution in [1.82, 2.24) is 4.98 Å². The number of morpholine rings is 1. The Balaban J connectivity index is 1.88. The van der Waals surface area contributed by atoms with Gasteiger partial charge in [-0.15, -0.1) is 0 Å². The molecule has 0 aliphatic carbocycles. The van der Waals surface area contributed by atoms with E-state index in [9.17, 15) is 4.79 Å². The van der Waals surface area contributed by atoms with Crippen LogP contribution >= 0.6 is 0 Å². The molecular formula is C15H24N4O2. The van der Waals surface area contributed by atoms with E-state index in [2.05, 4.69) is 15.2 Å². The van der Waals surface area contributed by atoms with Crippen molar-refractivity contribution >= 4 is 17.4 Å². The van der Waals surface area contributed by atoms with Gasteiger partial charge in [-0.05, 0) is 24.6 Å². The van der Waals surface area contributed by atoms with Crippen LogP contribution in [0, 0.1) is 5.92 Å². The van der Waals surface area contributed by atoms with Crippen LogP contribution in [0.25, 0.3) is 0 Å². The molecule has 3 N–H and O–H groups in total. The maximum Gasteiger partial charge on any atom is 0.224 e. The van der Waals surface area contributed by atoms with Crippen LogP contribution in [0.5, 0.6) is 0 Å². The topological polar surface area (TPSA) is 80.5 Å². The van der Waals surface area contributed by atoms with Crippen molar-refractivity contribution in [2.75, 3.05) is 43.1 Å². The van der Waals surface area contributed by atoms with Crippen molar-refractivity contribution in [3.05, 3.63) is 18.3 Å². The predicted molar refractivity (Wildman–Crippen MR) is 83.4 cm³/mol. The minimum absolute atomic E-state index is 0.00628. The molecule has 0 bridgehead atoms. The second-order valence-corrected chi connectivity index (χ2v) is 5.27. The van der Waals surface area contributed by atoms with Gasteiger partial charge in [0.2, 0.25) is 5.91 Å². The number of hydrogen-bond donors (Lipinski definition) is 2. The SMILES string of the molecule is CCC(CN)CC(=O)Nc1ccc(N2CCOCC2)nc1. The number of hydrogen-bond acceptors (Lipinski definition) is 5. The van der Waals surface area contributed by atoms with Gasteiger partial charge in [-0.1, -0.05) is 13.3 Å². The highest BCUT2D eigenvalue weighted by molar-refractivity contribution is 5.90. The van der Waals surface area contributed by atoms with E-state index >= 15 is 0 Å². The zero-order chi connectivity index (χ0) is 15.1. The van der Waals surface area contributed by atoms with E-state index in [0.717, 1.165) is 44.2 Å². The molecule has 2 heterocycles. The number of carbonyl (C=O) groups is 1. The molecule has 0 aromatic carbocycles. The quantitative estimate of drug-likeness (QED) is 0.824. The molecule has 0 saturated carbocycles. The summed E-state index contributed by atoms with van der Waals surface area (Å²) in [6.07, 6.45) is 3.07. The highest BCUT2D eigenvalue weighted by Crippen LogP contribution is 2.16. The van der Waals surface area contributed by atoms with Crippen LogP contribution in [0.3, 0.4) is 0 Å². The molecule has 6 heteroatoms. The summed E-state index contributed by atoms with van der Waals surface area (Å²) in [4.78, 5) is 18.5.